The second kappa shape index (κ2) is 8.97. The third-order valence-electron chi connectivity index (χ3n) is 3.95. The SMILES string of the molecule is O=C(O)c1c(NCC2(O)CCOCC2)noc1-c1ccccc1.O=CO. The minimum atomic E-state index is -1.13. The minimum absolute atomic E-state index is 0.0353. The van der Waals surface area contributed by atoms with Gasteiger partial charge in [-0.2, -0.15) is 0 Å². The van der Waals surface area contributed by atoms with E-state index >= 15 is 0 Å². The van der Waals surface area contributed by atoms with Crippen molar-refractivity contribution in [2.75, 3.05) is 25.1 Å². The van der Waals surface area contributed by atoms with Crippen molar-refractivity contribution >= 4 is 18.3 Å². The summed E-state index contributed by atoms with van der Waals surface area (Å²) in [5.41, 5.74) is -0.332. The summed E-state index contributed by atoms with van der Waals surface area (Å²) in [7, 11) is 0. The normalized spacial score (nSPS) is 15.4. The number of aliphatic hydroxyl groups is 1. The highest BCUT2D eigenvalue weighted by atomic mass is 16.5. The number of carboxylic acids is 1. The zero-order chi connectivity index (χ0) is 19.0. The summed E-state index contributed by atoms with van der Waals surface area (Å²) in [5.74, 6) is -0.817. The summed E-state index contributed by atoms with van der Waals surface area (Å²) in [4.78, 5) is 19.9. The molecule has 0 unspecified atom stereocenters. The molecule has 1 aromatic heterocycles. The Balaban J connectivity index is 0.000000758. The number of hydrogen-bond donors (Lipinski definition) is 4. The fourth-order valence-electron chi connectivity index (χ4n) is 2.57. The van der Waals surface area contributed by atoms with Crippen molar-refractivity contribution in [3.8, 4) is 11.3 Å². The Bertz CT molecular complexity index is 724. The highest BCUT2D eigenvalue weighted by Gasteiger charge is 2.31. The number of nitrogens with zero attached hydrogens (tertiary/aromatic N) is 1. The van der Waals surface area contributed by atoms with Gasteiger partial charge in [0.15, 0.2) is 17.1 Å². The first-order chi connectivity index (χ1) is 12.5. The number of benzene rings is 1. The Hall–Kier alpha value is -2.91. The number of aromatic nitrogens is 1. The van der Waals surface area contributed by atoms with Crippen molar-refractivity contribution in [3.05, 3.63) is 35.9 Å². The lowest BCUT2D eigenvalue weighted by molar-refractivity contribution is -0.122. The fraction of sp³-hybridized carbons (Fsp3) is 0.353. The molecule has 0 amide bonds. The molecule has 26 heavy (non-hydrogen) atoms. The number of ether oxygens (including phenoxy) is 1. The van der Waals surface area contributed by atoms with Gasteiger partial charge in [0.1, 0.15) is 0 Å². The molecule has 1 aliphatic rings. The van der Waals surface area contributed by atoms with Crippen LogP contribution in [0.3, 0.4) is 0 Å². The van der Waals surface area contributed by atoms with E-state index in [9.17, 15) is 15.0 Å². The van der Waals surface area contributed by atoms with Crippen LogP contribution in [0.25, 0.3) is 11.3 Å². The van der Waals surface area contributed by atoms with E-state index < -0.39 is 11.6 Å². The van der Waals surface area contributed by atoms with E-state index in [1.54, 1.807) is 24.3 Å². The number of carbonyl (C=O) groups is 2. The second-order valence-electron chi connectivity index (χ2n) is 5.70. The Morgan fingerprint density at radius 2 is 1.88 bits per heavy atom. The highest BCUT2D eigenvalue weighted by Crippen LogP contribution is 2.30. The number of hydrogen-bond acceptors (Lipinski definition) is 7. The van der Waals surface area contributed by atoms with Crippen LogP contribution in [-0.2, 0) is 9.53 Å². The molecule has 0 aliphatic carbocycles. The molecule has 2 heterocycles. The van der Waals surface area contributed by atoms with Crippen LogP contribution in [0.2, 0.25) is 0 Å². The molecule has 0 saturated carbocycles. The summed E-state index contributed by atoms with van der Waals surface area (Å²) in [6, 6.07) is 8.92. The average Bonchev–Trinajstić information content (AvgIpc) is 3.06. The average molecular weight is 364 g/mol. The molecule has 140 valence electrons. The van der Waals surface area contributed by atoms with Crippen molar-refractivity contribution < 1.29 is 34.2 Å². The summed E-state index contributed by atoms with van der Waals surface area (Å²) in [6.07, 6.45) is 0.984. The van der Waals surface area contributed by atoms with Crippen LogP contribution in [0, 0.1) is 0 Å². The van der Waals surface area contributed by atoms with Crippen LogP contribution in [0.4, 0.5) is 5.82 Å². The van der Waals surface area contributed by atoms with Crippen LogP contribution < -0.4 is 5.32 Å². The van der Waals surface area contributed by atoms with Gasteiger partial charge in [-0.25, -0.2) is 4.79 Å². The van der Waals surface area contributed by atoms with Crippen molar-refractivity contribution in [3.63, 3.8) is 0 Å². The van der Waals surface area contributed by atoms with Crippen molar-refractivity contribution in [2.24, 2.45) is 0 Å². The zero-order valence-corrected chi connectivity index (χ0v) is 13.9. The van der Waals surface area contributed by atoms with E-state index in [1.807, 2.05) is 6.07 Å². The smallest absolute Gasteiger partial charge is 0.343 e. The van der Waals surface area contributed by atoms with Gasteiger partial charge in [-0.1, -0.05) is 35.5 Å². The fourth-order valence-corrected chi connectivity index (χ4v) is 2.57. The summed E-state index contributed by atoms with van der Waals surface area (Å²) >= 11 is 0. The maximum atomic E-state index is 11.6. The number of anilines is 1. The minimum Gasteiger partial charge on any atom is -0.483 e. The molecule has 0 spiro atoms. The predicted molar refractivity (Wildman–Crippen MR) is 91.1 cm³/mol. The third-order valence-corrected chi connectivity index (χ3v) is 3.95. The summed E-state index contributed by atoms with van der Waals surface area (Å²) in [6.45, 7) is 0.910. The standard InChI is InChI=1S/C16H18N2O5.CH2O2/c19-15(20)12-13(11-4-2-1-3-5-11)23-18-14(12)17-10-16(21)6-8-22-9-7-16;2-1-3/h1-5,21H,6-10H2,(H,17,18)(H,19,20);1H,(H,2,3). The van der Waals surface area contributed by atoms with Crippen molar-refractivity contribution in [2.45, 2.75) is 18.4 Å². The van der Waals surface area contributed by atoms with Gasteiger partial charge in [0.2, 0.25) is 0 Å². The topological polar surface area (TPSA) is 142 Å². The number of carboxylic acid groups (broad SMARTS) is 2. The van der Waals surface area contributed by atoms with Gasteiger partial charge in [-0.05, 0) is 0 Å². The van der Waals surface area contributed by atoms with Gasteiger partial charge in [0.05, 0.1) is 5.60 Å². The van der Waals surface area contributed by atoms with Crippen molar-refractivity contribution in [1.29, 1.82) is 0 Å². The zero-order valence-electron chi connectivity index (χ0n) is 13.9. The quantitative estimate of drug-likeness (QED) is 0.583. The Labute approximate surface area is 149 Å². The van der Waals surface area contributed by atoms with Crippen LogP contribution >= 0.6 is 0 Å². The molecule has 1 saturated heterocycles. The highest BCUT2D eigenvalue weighted by molar-refractivity contribution is 5.99. The maximum Gasteiger partial charge on any atom is 0.343 e. The van der Waals surface area contributed by atoms with Gasteiger partial charge in [-0.3, -0.25) is 4.79 Å². The van der Waals surface area contributed by atoms with Gasteiger partial charge in [0.25, 0.3) is 6.47 Å². The van der Waals surface area contributed by atoms with E-state index in [2.05, 4.69) is 10.5 Å². The molecule has 1 aliphatic heterocycles. The third kappa shape index (κ3) is 4.80. The van der Waals surface area contributed by atoms with Crippen molar-refractivity contribution in [1.82, 2.24) is 5.16 Å². The molecule has 0 bridgehead atoms. The molecule has 4 N–H and O–H groups in total. The van der Waals surface area contributed by atoms with E-state index in [1.165, 1.54) is 0 Å². The molecular weight excluding hydrogens is 344 g/mol. The lowest BCUT2D eigenvalue weighted by Crippen LogP contribution is -2.42. The molecule has 0 atom stereocenters. The number of nitrogens with one attached hydrogen (secondary N) is 1. The van der Waals surface area contributed by atoms with E-state index in [4.69, 9.17) is 19.2 Å². The molecular formula is C17H20N2O7. The van der Waals surface area contributed by atoms with Crippen LogP contribution in [0.15, 0.2) is 34.9 Å². The van der Waals surface area contributed by atoms with Gasteiger partial charge >= 0.3 is 5.97 Å². The van der Waals surface area contributed by atoms with E-state index in [0.29, 0.717) is 31.6 Å². The lowest BCUT2D eigenvalue weighted by atomic mass is 9.94. The molecule has 0 radical (unpaired) electrons. The summed E-state index contributed by atoms with van der Waals surface area (Å²) in [5, 5.41) is 33.5. The molecule has 9 nitrogen and oxygen atoms in total. The Morgan fingerprint density at radius 1 is 1.27 bits per heavy atom. The molecule has 3 rings (SSSR count). The maximum absolute atomic E-state index is 11.6. The first-order valence-electron chi connectivity index (χ1n) is 7.91. The predicted octanol–water partition coefficient (Wildman–Crippen LogP) is 1.69. The Kier molecular flexibility index (Phi) is 6.70. The number of rotatable bonds is 5. The van der Waals surface area contributed by atoms with E-state index in [0.717, 1.165) is 0 Å². The van der Waals surface area contributed by atoms with Crippen LogP contribution in [0.5, 0.6) is 0 Å². The first kappa shape index (κ1) is 19.4. The van der Waals surface area contributed by atoms with E-state index in [-0.39, 0.29) is 30.2 Å². The first-order valence-corrected chi connectivity index (χ1v) is 7.91. The molecule has 1 aromatic carbocycles. The van der Waals surface area contributed by atoms with Crippen LogP contribution in [0.1, 0.15) is 23.2 Å². The molecule has 2 aromatic rings. The number of aromatic carboxylic acids is 1. The van der Waals surface area contributed by atoms with Gasteiger partial charge in [0, 0.05) is 38.2 Å². The molecule has 9 heteroatoms. The van der Waals surface area contributed by atoms with Gasteiger partial charge < -0.3 is 29.9 Å². The second-order valence-corrected chi connectivity index (χ2v) is 5.70. The monoisotopic (exact) mass is 364 g/mol. The summed E-state index contributed by atoms with van der Waals surface area (Å²) < 4.78 is 10.4. The van der Waals surface area contributed by atoms with Gasteiger partial charge in [-0.15, -0.1) is 0 Å². The Morgan fingerprint density at radius 3 is 2.46 bits per heavy atom. The largest absolute Gasteiger partial charge is 0.483 e. The van der Waals surface area contributed by atoms with Crippen LogP contribution in [-0.4, -0.2) is 58.3 Å². The lowest BCUT2D eigenvalue weighted by Gasteiger charge is -2.32. The molecule has 1 fully saturated rings.